The predicted molar refractivity (Wildman–Crippen MR) is 83.6 cm³/mol. The van der Waals surface area contributed by atoms with E-state index in [4.69, 9.17) is 17.0 Å². The zero-order valence-corrected chi connectivity index (χ0v) is 13.1. The molecule has 0 aromatic heterocycles. The van der Waals surface area contributed by atoms with Crippen molar-refractivity contribution in [2.45, 2.75) is 33.7 Å². The lowest BCUT2D eigenvalue weighted by Crippen LogP contribution is -2.49. The van der Waals surface area contributed by atoms with Crippen LogP contribution in [-0.2, 0) is 4.79 Å². The van der Waals surface area contributed by atoms with Gasteiger partial charge in [0.25, 0.3) is 5.91 Å². The van der Waals surface area contributed by atoms with E-state index >= 15 is 0 Å². The van der Waals surface area contributed by atoms with E-state index in [9.17, 15) is 4.79 Å². The Labute approximate surface area is 125 Å². The van der Waals surface area contributed by atoms with Gasteiger partial charge in [0.05, 0.1) is 0 Å². The van der Waals surface area contributed by atoms with Gasteiger partial charge < -0.3 is 10.1 Å². The summed E-state index contributed by atoms with van der Waals surface area (Å²) in [5.41, 5.74) is 7.10. The second-order valence-corrected chi connectivity index (χ2v) is 5.22. The van der Waals surface area contributed by atoms with Crippen LogP contribution in [0.5, 0.6) is 5.75 Å². The van der Waals surface area contributed by atoms with Gasteiger partial charge in [0.1, 0.15) is 5.75 Å². The molecule has 0 aliphatic rings. The number of nitrogens with one attached hydrogen (secondary N) is 3. The molecule has 0 atom stereocenters. The lowest BCUT2D eigenvalue weighted by Gasteiger charge is -2.15. The van der Waals surface area contributed by atoms with Crippen LogP contribution in [0.25, 0.3) is 0 Å². The van der Waals surface area contributed by atoms with Gasteiger partial charge in [-0.1, -0.05) is 18.2 Å². The van der Waals surface area contributed by atoms with E-state index in [1.165, 1.54) is 0 Å². The fraction of sp³-hybridized carbons (Fsp3) is 0.429. The van der Waals surface area contributed by atoms with Crippen LogP contribution in [0.3, 0.4) is 0 Å². The average molecular weight is 295 g/mol. The second kappa shape index (κ2) is 7.69. The Kier molecular flexibility index (Phi) is 6.24. The summed E-state index contributed by atoms with van der Waals surface area (Å²) in [5.74, 6) is 0.450. The maximum absolute atomic E-state index is 11.6. The maximum atomic E-state index is 11.6. The molecule has 0 radical (unpaired) electrons. The lowest BCUT2D eigenvalue weighted by atomic mass is 10.1. The summed E-state index contributed by atoms with van der Waals surface area (Å²) in [6, 6.07) is 6.05. The Morgan fingerprint density at radius 3 is 2.40 bits per heavy atom. The zero-order valence-electron chi connectivity index (χ0n) is 12.2. The number of hydrogen-bond acceptors (Lipinski definition) is 3. The fourth-order valence-electron chi connectivity index (χ4n) is 1.63. The van der Waals surface area contributed by atoms with E-state index in [1.54, 1.807) is 0 Å². The summed E-state index contributed by atoms with van der Waals surface area (Å²) < 4.78 is 5.53. The van der Waals surface area contributed by atoms with Gasteiger partial charge in [0, 0.05) is 6.04 Å². The topological polar surface area (TPSA) is 62.4 Å². The standard InChI is InChI=1S/C14H21N3O2S/c1-9(2)15-14(20)17-16-12(18)8-19-13-10(3)6-5-7-11(13)4/h5-7,9H,8H2,1-4H3,(H,16,18)(H2,15,17,20). The van der Waals surface area contributed by atoms with Crippen LogP contribution < -0.4 is 20.9 Å². The van der Waals surface area contributed by atoms with Crippen molar-refractivity contribution in [1.29, 1.82) is 0 Å². The molecule has 20 heavy (non-hydrogen) atoms. The van der Waals surface area contributed by atoms with Crippen molar-refractivity contribution in [3.05, 3.63) is 29.3 Å². The van der Waals surface area contributed by atoms with Crippen LogP contribution in [-0.4, -0.2) is 23.7 Å². The minimum Gasteiger partial charge on any atom is -0.483 e. The van der Waals surface area contributed by atoms with E-state index in [1.807, 2.05) is 45.9 Å². The third kappa shape index (κ3) is 5.44. The molecule has 0 unspecified atom stereocenters. The lowest BCUT2D eigenvalue weighted by molar-refractivity contribution is -0.123. The third-order valence-electron chi connectivity index (χ3n) is 2.49. The first-order valence-electron chi connectivity index (χ1n) is 6.44. The Hall–Kier alpha value is -1.82. The molecule has 3 N–H and O–H groups in total. The fourth-order valence-corrected chi connectivity index (χ4v) is 1.91. The molecule has 0 saturated carbocycles. The van der Waals surface area contributed by atoms with Crippen LogP contribution in [0.1, 0.15) is 25.0 Å². The third-order valence-corrected chi connectivity index (χ3v) is 2.71. The molecule has 1 rings (SSSR count). The monoisotopic (exact) mass is 295 g/mol. The van der Waals surface area contributed by atoms with Crippen molar-refractivity contribution >= 4 is 23.2 Å². The van der Waals surface area contributed by atoms with E-state index in [-0.39, 0.29) is 18.6 Å². The molecule has 110 valence electrons. The molecule has 1 aromatic carbocycles. The first-order chi connectivity index (χ1) is 9.40. The summed E-state index contributed by atoms with van der Waals surface area (Å²) in [5, 5.41) is 3.33. The number of benzene rings is 1. The number of amides is 1. The highest BCUT2D eigenvalue weighted by molar-refractivity contribution is 7.80. The van der Waals surface area contributed by atoms with Crippen LogP contribution in [0.15, 0.2) is 18.2 Å². The minimum absolute atomic E-state index is 0.0665. The molecule has 0 fully saturated rings. The van der Waals surface area contributed by atoms with E-state index in [0.717, 1.165) is 16.9 Å². The molecule has 6 heteroatoms. The maximum Gasteiger partial charge on any atom is 0.276 e. The molecular weight excluding hydrogens is 274 g/mol. The van der Waals surface area contributed by atoms with Crippen LogP contribution in [0.4, 0.5) is 0 Å². The van der Waals surface area contributed by atoms with Gasteiger partial charge in [-0.3, -0.25) is 15.6 Å². The van der Waals surface area contributed by atoms with Crippen molar-refractivity contribution in [1.82, 2.24) is 16.2 Å². The molecule has 0 bridgehead atoms. The molecule has 1 amide bonds. The van der Waals surface area contributed by atoms with Crippen LogP contribution in [0, 0.1) is 13.8 Å². The van der Waals surface area contributed by atoms with Gasteiger partial charge in [-0.15, -0.1) is 0 Å². The molecule has 0 aliphatic carbocycles. The van der Waals surface area contributed by atoms with Crippen molar-refractivity contribution < 1.29 is 9.53 Å². The van der Waals surface area contributed by atoms with Crippen molar-refractivity contribution in [3.63, 3.8) is 0 Å². The zero-order chi connectivity index (χ0) is 15.1. The number of carbonyl (C=O) groups is 1. The molecule has 5 nitrogen and oxygen atoms in total. The number of hydrazine groups is 1. The van der Waals surface area contributed by atoms with Crippen molar-refractivity contribution in [2.24, 2.45) is 0 Å². The Morgan fingerprint density at radius 2 is 1.85 bits per heavy atom. The molecule has 1 aromatic rings. The minimum atomic E-state index is -0.291. The van der Waals surface area contributed by atoms with Crippen molar-refractivity contribution in [2.75, 3.05) is 6.61 Å². The Bertz CT molecular complexity index is 469. The van der Waals surface area contributed by atoms with Gasteiger partial charge in [0.15, 0.2) is 11.7 Å². The highest BCUT2D eigenvalue weighted by atomic mass is 32.1. The number of thiocarbonyl (C=S) groups is 1. The highest BCUT2D eigenvalue weighted by Crippen LogP contribution is 2.21. The molecule has 0 aliphatic heterocycles. The molecule has 0 saturated heterocycles. The van der Waals surface area contributed by atoms with E-state index < -0.39 is 0 Å². The highest BCUT2D eigenvalue weighted by Gasteiger charge is 2.07. The summed E-state index contributed by atoms with van der Waals surface area (Å²) in [7, 11) is 0. The largest absolute Gasteiger partial charge is 0.483 e. The normalized spacial score (nSPS) is 10.1. The molecule has 0 spiro atoms. The summed E-state index contributed by atoms with van der Waals surface area (Å²) in [4.78, 5) is 11.6. The average Bonchev–Trinajstić information content (AvgIpc) is 2.35. The quantitative estimate of drug-likeness (QED) is 0.581. The number of hydrogen-bond donors (Lipinski definition) is 3. The molecule has 0 heterocycles. The van der Waals surface area contributed by atoms with Crippen LogP contribution in [0.2, 0.25) is 0 Å². The summed E-state index contributed by atoms with van der Waals surface area (Å²) in [6.45, 7) is 7.74. The Balaban J connectivity index is 2.39. The Morgan fingerprint density at radius 1 is 1.25 bits per heavy atom. The SMILES string of the molecule is Cc1cccc(C)c1OCC(=O)NNC(=S)NC(C)C. The molecular formula is C14H21N3O2S. The number of aryl methyl sites for hydroxylation is 2. The number of para-hydroxylation sites is 1. The first-order valence-corrected chi connectivity index (χ1v) is 6.85. The van der Waals surface area contributed by atoms with Crippen molar-refractivity contribution in [3.8, 4) is 5.75 Å². The van der Waals surface area contributed by atoms with Gasteiger partial charge in [-0.05, 0) is 51.0 Å². The number of carbonyl (C=O) groups excluding carboxylic acids is 1. The second-order valence-electron chi connectivity index (χ2n) is 4.81. The smallest absolute Gasteiger partial charge is 0.276 e. The number of rotatable bonds is 4. The van der Waals surface area contributed by atoms with E-state index in [0.29, 0.717) is 5.11 Å². The predicted octanol–water partition coefficient (Wildman–Crippen LogP) is 1.59. The summed E-state index contributed by atoms with van der Waals surface area (Å²) >= 11 is 4.99. The summed E-state index contributed by atoms with van der Waals surface area (Å²) in [6.07, 6.45) is 0. The van der Waals surface area contributed by atoms with Crippen LogP contribution >= 0.6 is 12.2 Å². The van der Waals surface area contributed by atoms with Gasteiger partial charge in [0.2, 0.25) is 0 Å². The van der Waals surface area contributed by atoms with Gasteiger partial charge >= 0.3 is 0 Å². The van der Waals surface area contributed by atoms with E-state index in [2.05, 4.69) is 16.2 Å². The number of ether oxygens (including phenoxy) is 1. The van der Waals surface area contributed by atoms with Gasteiger partial charge in [-0.2, -0.15) is 0 Å². The van der Waals surface area contributed by atoms with Gasteiger partial charge in [-0.25, -0.2) is 0 Å². The first kappa shape index (κ1) is 16.2.